The number of aromatic amines is 1. The lowest BCUT2D eigenvalue weighted by atomic mass is 10.1. The van der Waals surface area contributed by atoms with Crippen LogP contribution < -0.4 is 0 Å². The van der Waals surface area contributed by atoms with Gasteiger partial charge in [0.1, 0.15) is 11.3 Å². The number of pyridine rings is 1. The molecule has 9 heteroatoms. The number of hydrogen-bond acceptors (Lipinski definition) is 6. The summed E-state index contributed by atoms with van der Waals surface area (Å²) in [5, 5.41) is 22.6. The van der Waals surface area contributed by atoms with E-state index in [-0.39, 0.29) is 0 Å². The van der Waals surface area contributed by atoms with E-state index in [2.05, 4.69) is 25.6 Å². The number of carboxylic acid groups (broad SMARTS) is 1. The zero-order chi connectivity index (χ0) is 14.1. The largest absolute Gasteiger partial charge is 0.479 e. The molecule has 0 saturated heterocycles. The van der Waals surface area contributed by atoms with Gasteiger partial charge in [0.05, 0.1) is 6.20 Å². The van der Waals surface area contributed by atoms with Crippen molar-refractivity contribution in [3.8, 4) is 11.5 Å². The number of H-pyrrole nitrogens is 1. The summed E-state index contributed by atoms with van der Waals surface area (Å²) in [4.78, 5) is 15.3. The van der Waals surface area contributed by atoms with Crippen LogP contribution in [0.4, 0.5) is 0 Å². The Morgan fingerprint density at radius 2 is 2.35 bits per heavy atom. The van der Waals surface area contributed by atoms with Crippen LogP contribution in [0.2, 0.25) is 0 Å². The van der Waals surface area contributed by atoms with Gasteiger partial charge in [0.15, 0.2) is 11.9 Å². The predicted octanol–water partition coefficient (Wildman–Crippen LogP) is 0.286. The number of hydrogen-bond donors (Lipinski definition) is 2. The van der Waals surface area contributed by atoms with Crippen LogP contribution in [0, 0.1) is 0 Å². The number of aliphatic carboxylic acids is 1. The van der Waals surface area contributed by atoms with Gasteiger partial charge in [-0.05, 0) is 16.5 Å². The van der Waals surface area contributed by atoms with Gasteiger partial charge in [-0.1, -0.05) is 6.07 Å². The molecule has 0 aliphatic heterocycles. The molecule has 3 aromatic rings. The lowest BCUT2D eigenvalue weighted by Gasteiger charge is -2.11. The summed E-state index contributed by atoms with van der Waals surface area (Å²) in [5.41, 5.74) is 1.78. The van der Waals surface area contributed by atoms with Gasteiger partial charge in [-0.25, -0.2) is 14.9 Å². The van der Waals surface area contributed by atoms with E-state index >= 15 is 0 Å². The molecular formula is C11H10N6O3. The summed E-state index contributed by atoms with van der Waals surface area (Å²) in [6.45, 7) is 0. The van der Waals surface area contributed by atoms with Gasteiger partial charge in [0, 0.05) is 18.9 Å². The van der Waals surface area contributed by atoms with Crippen molar-refractivity contribution in [1.82, 2.24) is 30.0 Å². The third-order valence-corrected chi connectivity index (χ3v) is 2.88. The number of nitrogens with zero attached hydrogens (tertiary/aromatic N) is 5. The third-order valence-electron chi connectivity index (χ3n) is 2.88. The molecule has 3 rings (SSSR count). The monoisotopic (exact) mass is 274 g/mol. The Morgan fingerprint density at radius 1 is 1.50 bits per heavy atom. The van der Waals surface area contributed by atoms with Crippen LogP contribution >= 0.6 is 0 Å². The maximum atomic E-state index is 11.1. The van der Waals surface area contributed by atoms with Crippen molar-refractivity contribution in [2.75, 3.05) is 7.11 Å². The molecule has 0 bridgehead atoms. The highest BCUT2D eigenvalue weighted by molar-refractivity contribution is 5.74. The standard InChI is InChI=1S/C11H10N6O3/c1-20-9(11(18)19)6-2-3-8-12-4-7(17(8)5-6)10-13-15-16-14-10/h2-5,9H,1H3,(H,18,19)(H,13,14,15,16). The number of aromatic nitrogens is 6. The van der Waals surface area contributed by atoms with Gasteiger partial charge in [-0.3, -0.25) is 4.40 Å². The first kappa shape index (κ1) is 12.2. The molecule has 1 unspecified atom stereocenters. The number of carbonyl (C=O) groups is 1. The molecule has 20 heavy (non-hydrogen) atoms. The van der Waals surface area contributed by atoms with Gasteiger partial charge >= 0.3 is 5.97 Å². The summed E-state index contributed by atoms with van der Waals surface area (Å²) in [6, 6.07) is 3.37. The molecule has 9 nitrogen and oxygen atoms in total. The van der Waals surface area contributed by atoms with E-state index in [0.717, 1.165) is 0 Å². The summed E-state index contributed by atoms with van der Waals surface area (Å²) >= 11 is 0. The molecule has 3 heterocycles. The fourth-order valence-corrected chi connectivity index (χ4v) is 1.97. The Labute approximate surface area is 112 Å². The zero-order valence-electron chi connectivity index (χ0n) is 10.4. The van der Waals surface area contributed by atoms with Crippen molar-refractivity contribution < 1.29 is 14.6 Å². The first-order chi connectivity index (χ1) is 9.70. The smallest absolute Gasteiger partial charge is 0.337 e. The highest BCUT2D eigenvalue weighted by Gasteiger charge is 2.20. The minimum Gasteiger partial charge on any atom is -0.479 e. The first-order valence-corrected chi connectivity index (χ1v) is 5.67. The van der Waals surface area contributed by atoms with E-state index in [0.29, 0.717) is 22.7 Å². The van der Waals surface area contributed by atoms with Crippen LogP contribution in [0.15, 0.2) is 24.5 Å². The van der Waals surface area contributed by atoms with E-state index in [1.807, 2.05) is 0 Å². The van der Waals surface area contributed by atoms with Crippen LogP contribution in [-0.2, 0) is 9.53 Å². The van der Waals surface area contributed by atoms with E-state index in [1.165, 1.54) is 7.11 Å². The average Bonchev–Trinajstić information content (AvgIpc) is 3.07. The fourth-order valence-electron chi connectivity index (χ4n) is 1.97. The van der Waals surface area contributed by atoms with E-state index in [1.54, 1.807) is 28.9 Å². The van der Waals surface area contributed by atoms with Gasteiger partial charge in [-0.15, -0.1) is 5.10 Å². The zero-order valence-corrected chi connectivity index (χ0v) is 10.4. The summed E-state index contributed by atoms with van der Waals surface area (Å²) in [6.07, 6.45) is 2.20. The minimum atomic E-state index is -1.06. The van der Waals surface area contributed by atoms with E-state index in [4.69, 9.17) is 9.84 Å². The summed E-state index contributed by atoms with van der Waals surface area (Å²) in [5.74, 6) is -0.617. The Bertz CT molecular complexity index is 751. The van der Waals surface area contributed by atoms with Crippen molar-refractivity contribution in [3.05, 3.63) is 30.1 Å². The molecular weight excluding hydrogens is 264 g/mol. The predicted molar refractivity (Wildman–Crippen MR) is 65.7 cm³/mol. The topological polar surface area (TPSA) is 118 Å². The van der Waals surface area contributed by atoms with Gasteiger partial charge in [-0.2, -0.15) is 0 Å². The fraction of sp³-hybridized carbons (Fsp3) is 0.182. The number of carboxylic acids is 1. The van der Waals surface area contributed by atoms with Crippen LogP contribution in [0.3, 0.4) is 0 Å². The second-order valence-corrected chi connectivity index (χ2v) is 4.04. The molecule has 0 fully saturated rings. The van der Waals surface area contributed by atoms with Crippen molar-refractivity contribution in [1.29, 1.82) is 0 Å². The second kappa shape index (κ2) is 4.70. The van der Waals surface area contributed by atoms with Gasteiger partial charge in [0.2, 0.25) is 0 Å². The SMILES string of the molecule is COC(C(=O)O)c1ccc2ncc(-c3nnn[nH]3)n2c1. The Morgan fingerprint density at radius 3 is 3.00 bits per heavy atom. The maximum absolute atomic E-state index is 11.1. The normalized spacial score (nSPS) is 12.7. The molecule has 0 aromatic carbocycles. The van der Waals surface area contributed by atoms with Crippen molar-refractivity contribution in [2.24, 2.45) is 0 Å². The summed E-state index contributed by atoms with van der Waals surface area (Å²) < 4.78 is 6.67. The number of rotatable bonds is 4. The maximum Gasteiger partial charge on any atom is 0.337 e. The van der Waals surface area contributed by atoms with E-state index < -0.39 is 12.1 Å². The molecule has 0 aliphatic rings. The Kier molecular flexibility index (Phi) is 2.88. The number of nitrogens with one attached hydrogen (secondary N) is 1. The highest BCUT2D eigenvalue weighted by atomic mass is 16.5. The molecule has 0 amide bonds. The van der Waals surface area contributed by atoms with Crippen LogP contribution in [0.25, 0.3) is 17.2 Å². The number of methoxy groups -OCH3 is 1. The molecule has 1 atom stereocenters. The molecule has 0 aliphatic carbocycles. The average molecular weight is 274 g/mol. The van der Waals surface area contributed by atoms with Crippen molar-refractivity contribution >= 4 is 11.6 Å². The molecule has 0 spiro atoms. The molecule has 0 saturated carbocycles. The number of tetrazole rings is 1. The lowest BCUT2D eigenvalue weighted by molar-refractivity contribution is -0.148. The van der Waals surface area contributed by atoms with Crippen LogP contribution in [0.5, 0.6) is 0 Å². The third kappa shape index (κ3) is 1.89. The number of imidazole rings is 1. The lowest BCUT2D eigenvalue weighted by Crippen LogP contribution is -2.14. The number of ether oxygens (including phenoxy) is 1. The van der Waals surface area contributed by atoms with Crippen molar-refractivity contribution in [2.45, 2.75) is 6.10 Å². The van der Waals surface area contributed by atoms with Crippen molar-refractivity contribution in [3.63, 3.8) is 0 Å². The number of fused-ring (bicyclic) bond motifs is 1. The van der Waals surface area contributed by atoms with Crippen LogP contribution in [0.1, 0.15) is 11.7 Å². The van der Waals surface area contributed by atoms with E-state index in [9.17, 15) is 4.79 Å². The molecule has 102 valence electrons. The van der Waals surface area contributed by atoms with Crippen LogP contribution in [-0.4, -0.2) is 48.2 Å². The Balaban J connectivity index is 2.14. The van der Waals surface area contributed by atoms with Gasteiger partial charge in [0.25, 0.3) is 0 Å². The highest BCUT2D eigenvalue weighted by Crippen LogP contribution is 2.21. The quantitative estimate of drug-likeness (QED) is 0.701. The first-order valence-electron chi connectivity index (χ1n) is 5.67. The second-order valence-electron chi connectivity index (χ2n) is 4.04. The Hall–Kier alpha value is -2.81. The molecule has 3 aromatic heterocycles. The molecule has 2 N–H and O–H groups in total. The van der Waals surface area contributed by atoms with Gasteiger partial charge < -0.3 is 9.84 Å². The molecule has 0 radical (unpaired) electrons. The summed E-state index contributed by atoms with van der Waals surface area (Å²) in [7, 11) is 1.35. The minimum absolute atomic E-state index is 0.443.